The summed E-state index contributed by atoms with van der Waals surface area (Å²) in [6.07, 6.45) is -2.03. The minimum absolute atomic E-state index is 0.145. The third kappa shape index (κ3) is 12.7. The first kappa shape index (κ1) is 59.1. The maximum absolute atomic E-state index is 14.9. The van der Waals surface area contributed by atoms with Crippen LogP contribution in [-0.2, 0) is 44.4 Å². The highest BCUT2D eigenvalue weighted by molar-refractivity contribution is 14.1. The fourth-order valence-corrected chi connectivity index (χ4v) is 12.1. The SMILES string of the molecule is CO[C@H](c1ccc(-n2ccnn2)cc1)[C@@H](CF)n1cc(CCN(C)[C@H]2C[C@@H](C)O[C@@H](O[C@@H]3[C@@H](C)C([C@H]4C[C@@](C)(OC)[C@@H](O)[C@H](C)O4)[C@@H](C)C(=O)O[C@H](I)[C@@](C)(O)[C@H](O)[C@@H](C)C(=N)[C@H](C)C[C@@]3(C)OC)[C@@H]2O)nn1. The zero-order chi connectivity index (χ0) is 53.9. The normalized spacial score (nSPS) is 39.2. The lowest BCUT2D eigenvalue weighted by Crippen LogP contribution is -2.62. The molecule has 3 saturated heterocycles. The Kier molecular flexibility index (Phi) is 19.8. The van der Waals surface area contributed by atoms with Gasteiger partial charge in [0.15, 0.2) is 10.4 Å². The number of cyclic esters (lactones) is 1. The van der Waals surface area contributed by atoms with Crippen LogP contribution < -0.4 is 0 Å². The molecular formula is C51H80FIN8O12. The predicted molar refractivity (Wildman–Crippen MR) is 275 cm³/mol. The fraction of sp³-hybridized carbons (Fsp3) is 0.765. The second-order valence-electron chi connectivity index (χ2n) is 21.5. The number of likely N-dealkylation sites (N-methyl/N-ethyl adjacent to an activating group) is 1. The van der Waals surface area contributed by atoms with Crippen molar-refractivity contribution in [2.24, 2.45) is 29.6 Å². The molecule has 0 spiro atoms. The van der Waals surface area contributed by atoms with E-state index in [1.54, 1.807) is 58.1 Å². The van der Waals surface area contributed by atoms with Gasteiger partial charge in [0.1, 0.15) is 36.6 Å². The van der Waals surface area contributed by atoms with Crippen LogP contribution in [0.5, 0.6) is 0 Å². The van der Waals surface area contributed by atoms with E-state index in [1.807, 2.05) is 86.5 Å². The first-order valence-corrected chi connectivity index (χ1v) is 26.5. The summed E-state index contributed by atoms with van der Waals surface area (Å²) < 4.78 is 61.2. The minimum Gasteiger partial charge on any atom is -0.448 e. The molecule has 5 N–H and O–H groups in total. The number of esters is 1. The Balaban J connectivity index is 1.28. The summed E-state index contributed by atoms with van der Waals surface area (Å²) in [6.45, 7) is 15.6. The van der Waals surface area contributed by atoms with Crippen LogP contribution >= 0.6 is 22.6 Å². The standard InChI is InChI=1S/C51H80FIN8O12/c1-27-23-50(8,69-13)45(29(3)39(38-24-49(7,68-12)44(64)32(6)71-38)30(4)46(65)73-48(53)51(9,66)43(63)31(5)40(27)54)72-47-41(62)36(22-28(2)70-47)59(10)20-18-34-26-61(58-56-34)37(25-52)42(67-11)33-14-16-35(17-15-33)60-21-19-55-57-60/h14-17,19,21,26-32,36-39,41-45,47-48,54,62-64,66H,18,20,22-25H2,1-13H3/t27-,28-,29+,30-,31+,32+,36+,37-,38-,39?,41-,42-,43-,44+,45-,47+,48+,49-,50-,51+/m1/s1. The van der Waals surface area contributed by atoms with Crippen LogP contribution in [-0.4, -0.2) is 185 Å². The van der Waals surface area contributed by atoms with E-state index in [2.05, 4.69) is 20.6 Å². The van der Waals surface area contributed by atoms with Crippen LogP contribution in [0.15, 0.2) is 42.9 Å². The minimum atomic E-state index is -1.94. The summed E-state index contributed by atoms with van der Waals surface area (Å²) >= 11 is 1.81. The van der Waals surface area contributed by atoms with E-state index in [0.717, 1.165) is 11.3 Å². The summed E-state index contributed by atoms with van der Waals surface area (Å²) in [5.41, 5.74) is -1.94. The highest BCUT2D eigenvalue weighted by Gasteiger charge is 2.56. The number of aliphatic hydroxyl groups is 4. The number of hydrogen-bond donors (Lipinski definition) is 5. The summed E-state index contributed by atoms with van der Waals surface area (Å²) in [5.74, 6) is -4.34. The van der Waals surface area contributed by atoms with E-state index in [4.69, 9.17) is 33.2 Å². The van der Waals surface area contributed by atoms with Crippen molar-refractivity contribution < 1.29 is 62.8 Å². The van der Waals surface area contributed by atoms with E-state index in [-0.39, 0.29) is 24.7 Å². The van der Waals surface area contributed by atoms with Crippen molar-refractivity contribution in [2.45, 2.75) is 176 Å². The van der Waals surface area contributed by atoms with Gasteiger partial charge in [0.2, 0.25) is 0 Å². The third-order valence-electron chi connectivity index (χ3n) is 16.3. The molecule has 1 unspecified atom stereocenters. The largest absolute Gasteiger partial charge is 0.448 e. The molecule has 3 fully saturated rings. The summed E-state index contributed by atoms with van der Waals surface area (Å²) in [6, 6.07) is 6.15. The number of ether oxygens (including phenoxy) is 7. The smallest absolute Gasteiger partial charge is 0.310 e. The Hall–Kier alpha value is -3.14. The maximum atomic E-state index is 14.9. The van der Waals surface area contributed by atoms with E-state index >= 15 is 0 Å². The van der Waals surface area contributed by atoms with Gasteiger partial charge in [-0.3, -0.25) is 4.79 Å². The lowest BCUT2D eigenvalue weighted by molar-refractivity contribution is -0.304. The average Bonchev–Trinajstić information content (AvgIpc) is 4.09. The number of nitrogens with zero attached hydrogens (tertiary/aromatic N) is 7. The van der Waals surface area contributed by atoms with E-state index in [9.17, 15) is 35.0 Å². The van der Waals surface area contributed by atoms with Crippen molar-refractivity contribution in [2.75, 3.05) is 41.6 Å². The van der Waals surface area contributed by atoms with Gasteiger partial charge in [-0.25, -0.2) is 13.8 Å². The lowest BCUT2D eigenvalue weighted by atomic mass is 9.68. The molecule has 2 aromatic heterocycles. The van der Waals surface area contributed by atoms with Crippen LogP contribution in [0.1, 0.15) is 105 Å². The second-order valence-corrected chi connectivity index (χ2v) is 22.6. The molecule has 5 heterocycles. The number of hydrogen-bond acceptors (Lipinski definition) is 18. The van der Waals surface area contributed by atoms with E-state index in [1.165, 1.54) is 25.8 Å². The van der Waals surface area contributed by atoms with Crippen LogP contribution in [0.2, 0.25) is 0 Å². The second kappa shape index (κ2) is 24.5. The first-order valence-electron chi connectivity index (χ1n) is 25.3. The Morgan fingerprint density at radius 3 is 2.23 bits per heavy atom. The number of carbonyl (C=O) groups is 1. The number of carbonyl (C=O) groups excluding carboxylic acids is 1. The number of rotatable bonds is 15. The summed E-state index contributed by atoms with van der Waals surface area (Å²) in [7, 11) is 6.50. The van der Waals surface area contributed by atoms with Gasteiger partial charge < -0.3 is 63.9 Å². The number of aliphatic hydroxyl groups excluding tert-OH is 3. The van der Waals surface area contributed by atoms with Gasteiger partial charge in [0, 0.05) is 70.5 Å². The molecule has 410 valence electrons. The van der Waals surface area contributed by atoms with Gasteiger partial charge in [0.05, 0.1) is 71.4 Å². The van der Waals surface area contributed by atoms with Crippen molar-refractivity contribution in [3.63, 3.8) is 0 Å². The fourth-order valence-electron chi connectivity index (χ4n) is 11.5. The Morgan fingerprint density at radius 1 is 0.959 bits per heavy atom. The number of nitrogens with one attached hydrogen (secondary N) is 1. The zero-order valence-corrected chi connectivity index (χ0v) is 46.7. The lowest BCUT2D eigenvalue weighted by Gasteiger charge is -2.52. The monoisotopic (exact) mass is 1140 g/mol. The molecule has 3 aromatic rings. The van der Waals surface area contributed by atoms with Crippen LogP contribution in [0.4, 0.5) is 4.39 Å². The Bertz CT molecular complexity index is 2250. The summed E-state index contributed by atoms with van der Waals surface area (Å²) in [5, 5.41) is 72.9. The molecule has 1 aromatic carbocycles. The number of methoxy groups -OCH3 is 3. The molecule has 0 amide bonds. The molecule has 73 heavy (non-hydrogen) atoms. The number of halogens is 2. The van der Waals surface area contributed by atoms with Crippen molar-refractivity contribution >= 4 is 34.3 Å². The van der Waals surface area contributed by atoms with Gasteiger partial charge in [-0.05, 0) is 107 Å². The number of alkyl halides is 2. The average molecular weight is 1140 g/mol. The third-order valence-corrected chi connectivity index (χ3v) is 17.8. The van der Waals surface area contributed by atoms with E-state index in [0.29, 0.717) is 25.1 Å². The van der Waals surface area contributed by atoms with Gasteiger partial charge >= 0.3 is 5.97 Å². The van der Waals surface area contributed by atoms with Crippen LogP contribution in [0, 0.1) is 35.0 Å². The number of aromatic nitrogens is 6. The van der Waals surface area contributed by atoms with E-state index < -0.39 is 124 Å². The zero-order valence-electron chi connectivity index (χ0n) is 44.5. The molecular weight excluding hydrogens is 1060 g/mol. The molecule has 20 nitrogen and oxygen atoms in total. The Labute approximate surface area is 442 Å². The van der Waals surface area contributed by atoms with Crippen molar-refractivity contribution in [1.82, 2.24) is 34.9 Å². The highest BCUT2D eigenvalue weighted by Crippen LogP contribution is 2.46. The Morgan fingerprint density at radius 2 is 1.63 bits per heavy atom. The molecule has 0 aliphatic carbocycles. The maximum Gasteiger partial charge on any atom is 0.310 e. The van der Waals surface area contributed by atoms with Gasteiger partial charge in [-0.15, -0.1) is 10.2 Å². The van der Waals surface area contributed by atoms with Crippen LogP contribution in [0.25, 0.3) is 5.69 Å². The van der Waals surface area contributed by atoms with Gasteiger partial charge in [-0.2, -0.15) is 0 Å². The predicted octanol–water partition coefficient (Wildman–Crippen LogP) is 4.83. The molecule has 0 saturated carbocycles. The molecule has 0 bridgehead atoms. The summed E-state index contributed by atoms with van der Waals surface area (Å²) in [4.78, 5) is 16.5. The topological polar surface area (TPSA) is 251 Å². The van der Waals surface area contributed by atoms with Crippen molar-refractivity contribution in [3.8, 4) is 5.69 Å². The molecule has 6 rings (SSSR count). The first-order chi connectivity index (χ1) is 34.4. The number of benzene rings is 1. The van der Waals surface area contributed by atoms with Gasteiger partial charge in [0.25, 0.3) is 0 Å². The molecule has 22 heteroatoms. The molecule has 20 atom stereocenters. The molecule has 3 aliphatic heterocycles. The van der Waals surface area contributed by atoms with Crippen molar-refractivity contribution in [3.05, 3.63) is 54.1 Å². The highest BCUT2D eigenvalue weighted by atomic mass is 127. The van der Waals surface area contributed by atoms with Gasteiger partial charge in [-0.1, -0.05) is 50.3 Å². The van der Waals surface area contributed by atoms with Crippen LogP contribution in [0.3, 0.4) is 0 Å². The molecule has 3 aliphatic rings. The molecule has 0 radical (unpaired) electrons. The quantitative estimate of drug-likeness (QED) is 0.0777. The van der Waals surface area contributed by atoms with Crippen molar-refractivity contribution in [1.29, 1.82) is 5.41 Å².